The fourth-order valence-corrected chi connectivity index (χ4v) is 2.47. The molecule has 0 spiro atoms. The Morgan fingerprint density at radius 3 is 2.67 bits per heavy atom. The lowest BCUT2D eigenvalue weighted by Gasteiger charge is -2.17. The largest absolute Gasteiger partial charge is 0.355 e. The van der Waals surface area contributed by atoms with Crippen LogP contribution >= 0.6 is 24.0 Å². The molecule has 1 atom stereocenters. The summed E-state index contributed by atoms with van der Waals surface area (Å²) in [5, 5.41) is 14.8. The van der Waals surface area contributed by atoms with E-state index < -0.39 is 0 Å². The molecule has 1 heterocycles. The maximum Gasteiger partial charge on any atom is 0.191 e. The monoisotopic (exact) mass is 488 g/mol. The quantitative estimate of drug-likeness (QED) is 0.323. The molecule has 150 valence electrons. The fraction of sp³-hybridized carbons (Fsp3) is 0.526. The summed E-state index contributed by atoms with van der Waals surface area (Å²) < 4.78 is 15.0. The summed E-state index contributed by atoms with van der Waals surface area (Å²) in [5.41, 5.74) is 1.08. The number of guanidine groups is 1. The second-order valence-corrected chi connectivity index (χ2v) is 6.28. The summed E-state index contributed by atoms with van der Waals surface area (Å²) in [4.78, 5) is 4.65. The van der Waals surface area contributed by atoms with Gasteiger partial charge in [0, 0.05) is 32.1 Å². The summed E-state index contributed by atoms with van der Waals surface area (Å²) in [6, 6.07) is 6.92. The molecule has 2 rings (SSSR count). The van der Waals surface area contributed by atoms with E-state index in [2.05, 4.69) is 46.6 Å². The van der Waals surface area contributed by atoms with E-state index in [1.165, 1.54) is 12.1 Å². The van der Waals surface area contributed by atoms with E-state index in [9.17, 15) is 4.39 Å². The van der Waals surface area contributed by atoms with Crippen LogP contribution in [0.3, 0.4) is 0 Å². The van der Waals surface area contributed by atoms with Gasteiger partial charge in [-0.05, 0) is 37.5 Å². The van der Waals surface area contributed by atoms with Crippen molar-refractivity contribution >= 4 is 29.9 Å². The number of hydrogen-bond donors (Lipinski definition) is 2. The second kappa shape index (κ2) is 12.6. The molecule has 0 aliphatic rings. The van der Waals surface area contributed by atoms with Crippen LogP contribution in [0.2, 0.25) is 0 Å². The summed E-state index contributed by atoms with van der Waals surface area (Å²) >= 11 is 0. The van der Waals surface area contributed by atoms with Crippen LogP contribution in [0.25, 0.3) is 0 Å². The highest BCUT2D eigenvalue weighted by Crippen LogP contribution is 2.03. The molecule has 2 aromatic rings. The maximum atomic E-state index is 13.0. The van der Waals surface area contributed by atoms with Gasteiger partial charge >= 0.3 is 0 Å². The lowest BCUT2D eigenvalue weighted by atomic mass is 10.1. The zero-order valence-electron chi connectivity index (χ0n) is 16.3. The molecule has 0 amide bonds. The summed E-state index contributed by atoms with van der Waals surface area (Å²) in [6.07, 6.45) is 4.42. The van der Waals surface area contributed by atoms with E-state index in [0.717, 1.165) is 49.7 Å². The predicted octanol–water partition coefficient (Wildman–Crippen LogP) is 3.17. The molecule has 0 aliphatic heterocycles. The third-order valence-corrected chi connectivity index (χ3v) is 4.24. The van der Waals surface area contributed by atoms with Gasteiger partial charge in [-0.2, -0.15) is 0 Å². The molecule has 2 N–H and O–H groups in total. The number of aromatic nitrogens is 3. The van der Waals surface area contributed by atoms with Gasteiger partial charge in [-0.3, -0.25) is 4.99 Å². The number of nitrogens with zero attached hydrogens (tertiary/aromatic N) is 4. The first-order valence-corrected chi connectivity index (χ1v) is 9.28. The lowest BCUT2D eigenvalue weighted by molar-refractivity contribution is 0.599. The minimum absolute atomic E-state index is 0. The predicted molar refractivity (Wildman–Crippen MR) is 118 cm³/mol. The molecular formula is C19H30FIN6. The number of halogens is 2. The van der Waals surface area contributed by atoms with Crippen LogP contribution in [0.1, 0.15) is 38.6 Å². The Kier molecular flexibility index (Phi) is 10.9. The molecule has 0 aliphatic carbocycles. The molecule has 0 radical (unpaired) electrons. The van der Waals surface area contributed by atoms with Gasteiger partial charge in [-0.15, -0.1) is 34.2 Å². The van der Waals surface area contributed by atoms with Crippen LogP contribution in [0.4, 0.5) is 4.39 Å². The van der Waals surface area contributed by atoms with Crippen molar-refractivity contribution in [2.45, 2.75) is 52.6 Å². The maximum absolute atomic E-state index is 13.0. The van der Waals surface area contributed by atoms with Crippen LogP contribution < -0.4 is 10.6 Å². The van der Waals surface area contributed by atoms with Crippen molar-refractivity contribution in [2.24, 2.45) is 4.99 Å². The molecular weight excluding hydrogens is 458 g/mol. The number of rotatable bonds is 9. The topological polar surface area (TPSA) is 67.1 Å². The van der Waals surface area contributed by atoms with Crippen LogP contribution in [0, 0.1) is 5.82 Å². The van der Waals surface area contributed by atoms with Gasteiger partial charge in [-0.1, -0.05) is 26.0 Å². The van der Waals surface area contributed by atoms with Crippen LogP contribution in [-0.4, -0.2) is 39.9 Å². The molecule has 0 saturated heterocycles. The van der Waals surface area contributed by atoms with Crippen molar-refractivity contribution < 1.29 is 4.39 Å². The molecule has 0 fully saturated rings. The minimum atomic E-state index is -0.210. The number of aryl methyl sites for hydroxylation is 1. The summed E-state index contributed by atoms with van der Waals surface area (Å²) in [7, 11) is 0. The first kappa shape index (κ1) is 23.3. The van der Waals surface area contributed by atoms with Gasteiger partial charge in [0.15, 0.2) is 5.96 Å². The van der Waals surface area contributed by atoms with Crippen molar-refractivity contribution in [3.8, 4) is 0 Å². The molecule has 1 aromatic heterocycles. The van der Waals surface area contributed by atoms with Crippen molar-refractivity contribution in [2.75, 3.05) is 13.1 Å². The summed E-state index contributed by atoms with van der Waals surface area (Å²) in [6.45, 7) is 8.51. The number of benzene rings is 1. The highest BCUT2D eigenvalue weighted by atomic mass is 127. The Morgan fingerprint density at radius 1 is 1.26 bits per heavy atom. The number of hydrogen-bond acceptors (Lipinski definition) is 3. The first-order chi connectivity index (χ1) is 12.6. The molecule has 27 heavy (non-hydrogen) atoms. The van der Waals surface area contributed by atoms with Gasteiger partial charge in [-0.25, -0.2) is 4.39 Å². The lowest BCUT2D eigenvalue weighted by Crippen LogP contribution is -2.43. The molecule has 0 saturated carbocycles. The Hall–Kier alpha value is -1.71. The van der Waals surface area contributed by atoms with E-state index in [1.54, 1.807) is 18.5 Å². The number of nitrogens with one attached hydrogen (secondary N) is 2. The van der Waals surface area contributed by atoms with E-state index in [4.69, 9.17) is 0 Å². The van der Waals surface area contributed by atoms with Gasteiger partial charge < -0.3 is 15.2 Å². The average Bonchev–Trinajstić information content (AvgIpc) is 3.10. The van der Waals surface area contributed by atoms with Crippen LogP contribution in [0.15, 0.2) is 35.6 Å². The van der Waals surface area contributed by atoms with E-state index in [0.29, 0.717) is 12.6 Å². The van der Waals surface area contributed by atoms with Crippen molar-refractivity contribution in [1.82, 2.24) is 25.4 Å². The second-order valence-electron chi connectivity index (χ2n) is 6.28. The van der Waals surface area contributed by atoms with Crippen LogP contribution in [0.5, 0.6) is 0 Å². The SMILES string of the molecule is CCc1nncn1CCNC(=NCCc1ccc(F)cc1)NC(C)CC.I. The van der Waals surface area contributed by atoms with Gasteiger partial charge in [0.2, 0.25) is 0 Å². The van der Waals surface area contributed by atoms with Crippen molar-refractivity contribution in [3.63, 3.8) is 0 Å². The van der Waals surface area contributed by atoms with Crippen molar-refractivity contribution in [3.05, 3.63) is 47.8 Å². The summed E-state index contributed by atoms with van der Waals surface area (Å²) in [5.74, 6) is 1.57. The zero-order valence-corrected chi connectivity index (χ0v) is 18.6. The molecule has 1 unspecified atom stereocenters. The van der Waals surface area contributed by atoms with E-state index in [-0.39, 0.29) is 29.8 Å². The highest BCUT2D eigenvalue weighted by molar-refractivity contribution is 14.0. The molecule has 1 aromatic carbocycles. The Bertz CT molecular complexity index is 686. The van der Waals surface area contributed by atoms with Gasteiger partial charge in [0.1, 0.15) is 18.0 Å². The zero-order chi connectivity index (χ0) is 18.8. The van der Waals surface area contributed by atoms with E-state index in [1.807, 2.05) is 4.57 Å². The molecule has 6 nitrogen and oxygen atoms in total. The standard InChI is InChI=1S/C19H29FN6.HI/c1-4-15(3)24-19(21-11-10-16-6-8-17(20)9-7-16)22-12-13-26-14-23-25-18(26)5-2;/h6-9,14-15H,4-5,10-13H2,1-3H3,(H2,21,22,24);1H. The Labute approximate surface area is 178 Å². The Morgan fingerprint density at radius 2 is 2.00 bits per heavy atom. The fourth-order valence-electron chi connectivity index (χ4n) is 2.47. The smallest absolute Gasteiger partial charge is 0.191 e. The van der Waals surface area contributed by atoms with Gasteiger partial charge in [0.25, 0.3) is 0 Å². The first-order valence-electron chi connectivity index (χ1n) is 9.28. The normalized spacial score (nSPS) is 12.4. The third-order valence-electron chi connectivity index (χ3n) is 4.24. The third kappa shape index (κ3) is 8.23. The highest BCUT2D eigenvalue weighted by Gasteiger charge is 2.05. The van der Waals surface area contributed by atoms with Crippen LogP contribution in [-0.2, 0) is 19.4 Å². The van der Waals surface area contributed by atoms with Crippen molar-refractivity contribution in [1.29, 1.82) is 0 Å². The number of aliphatic imine (C=N–C) groups is 1. The molecule has 0 bridgehead atoms. The minimum Gasteiger partial charge on any atom is -0.355 e. The van der Waals surface area contributed by atoms with E-state index >= 15 is 0 Å². The Balaban J connectivity index is 0.00000364. The molecule has 8 heteroatoms. The van der Waals surface area contributed by atoms with Gasteiger partial charge in [0.05, 0.1) is 0 Å². The average molecular weight is 488 g/mol.